The van der Waals surface area contributed by atoms with Crippen LogP contribution < -0.4 is 0 Å². The number of carbonyl (C=O) groups excluding carboxylic acids is 2. The van der Waals surface area contributed by atoms with Gasteiger partial charge in [0.1, 0.15) is 11.6 Å². The second-order valence-corrected chi connectivity index (χ2v) is 20.3. The molecule has 3 unspecified atom stereocenters. The third kappa shape index (κ3) is 10.9. The van der Waals surface area contributed by atoms with Gasteiger partial charge in [0.25, 0.3) is 0 Å². The molecule has 1 spiro atoms. The summed E-state index contributed by atoms with van der Waals surface area (Å²) in [7, 11) is -4.00. The van der Waals surface area contributed by atoms with Crippen molar-refractivity contribution in [3.8, 4) is 0 Å². The average Bonchev–Trinajstić information content (AvgIpc) is 3.35. The van der Waals surface area contributed by atoms with Gasteiger partial charge in [0.05, 0.1) is 32.5 Å². The highest BCUT2D eigenvalue weighted by Crippen LogP contribution is 2.58. The molecule has 0 saturated carbocycles. The number of hydrogen-bond acceptors (Lipinski definition) is 9. The van der Waals surface area contributed by atoms with Crippen LogP contribution in [0, 0.1) is 5.41 Å². The first kappa shape index (κ1) is 37.8. The number of Topliss-reactive ketones (excluding diaryl/α,β-unsaturated/α-hetero) is 1. The average molecular weight is 643 g/mol. The van der Waals surface area contributed by atoms with Crippen molar-refractivity contribution in [3.05, 3.63) is 35.5 Å². The molecule has 0 aromatic carbocycles. The lowest BCUT2D eigenvalue weighted by atomic mass is 9.79. The minimum Gasteiger partial charge on any atom is -0.465 e. The molecule has 0 aromatic rings. The molecule has 2 aliphatic rings. The maximum Gasteiger partial charge on any atom is 0.336 e. The number of allylic oxidation sites excluding steroid dienone is 5. The topological polar surface area (TPSA) is 107 Å². The van der Waals surface area contributed by atoms with Gasteiger partial charge in [0.15, 0.2) is 19.9 Å². The van der Waals surface area contributed by atoms with E-state index in [1.165, 1.54) is 12.7 Å². The Kier molecular flexibility index (Phi) is 13.8. The van der Waals surface area contributed by atoms with Gasteiger partial charge < -0.3 is 27.7 Å². The molecule has 43 heavy (non-hydrogen) atoms. The van der Waals surface area contributed by atoms with Crippen LogP contribution in [-0.2, 0) is 41.8 Å². The molecule has 246 valence electrons. The Hall–Kier alpha value is -1.39. The van der Waals surface area contributed by atoms with E-state index in [2.05, 4.69) is 52.9 Å². The van der Waals surface area contributed by atoms with Crippen LogP contribution in [0.2, 0.25) is 18.1 Å². The highest BCUT2D eigenvalue weighted by molar-refractivity contribution is 7.54. The summed E-state index contributed by atoms with van der Waals surface area (Å²) in [5.41, 5.74) is 0.738. The van der Waals surface area contributed by atoms with Gasteiger partial charge in [-0.25, -0.2) is 0 Å². The minimum atomic E-state index is -3.53. The maximum atomic E-state index is 13.6. The summed E-state index contributed by atoms with van der Waals surface area (Å²) < 4.78 is 47.2. The molecule has 0 aliphatic carbocycles. The first-order valence-corrected chi connectivity index (χ1v) is 20.0. The van der Waals surface area contributed by atoms with Crippen molar-refractivity contribution in [2.45, 2.75) is 111 Å². The second kappa shape index (κ2) is 15.7. The summed E-state index contributed by atoms with van der Waals surface area (Å²) in [6.07, 6.45) is 9.37. The fourth-order valence-corrected chi connectivity index (χ4v) is 7.48. The Morgan fingerprint density at radius 2 is 1.72 bits per heavy atom. The molecule has 0 bridgehead atoms. The number of esters is 1. The van der Waals surface area contributed by atoms with Crippen molar-refractivity contribution in [3.63, 3.8) is 0 Å². The monoisotopic (exact) mass is 642 g/mol. The van der Waals surface area contributed by atoms with E-state index in [-0.39, 0.29) is 42.9 Å². The largest absolute Gasteiger partial charge is 0.465 e. The quantitative estimate of drug-likeness (QED) is 0.0341. The Morgan fingerprint density at radius 3 is 2.30 bits per heavy atom. The van der Waals surface area contributed by atoms with Gasteiger partial charge in [-0.2, -0.15) is 0 Å². The number of ether oxygens (including phenoxy) is 3. The molecule has 2 fully saturated rings. The zero-order valence-electron chi connectivity index (χ0n) is 28.1. The normalized spacial score (nSPS) is 24.8. The van der Waals surface area contributed by atoms with Crippen LogP contribution in [0.15, 0.2) is 35.5 Å². The zero-order chi connectivity index (χ0) is 32.5. The fraction of sp³-hybridized carbons (Fsp3) is 0.750. The summed E-state index contributed by atoms with van der Waals surface area (Å²) in [5.74, 6) is -2.06. The van der Waals surface area contributed by atoms with E-state index < -0.39 is 39.2 Å². The van der Waals surface area contributed by atoms with Gasteiger partial charge in [-0.1, -0.05) is 56.2 Å². The predicted molar refractivity (Wildman–Crippen MR) is 172 cm³/mol. The van der Waals surface area contributed by atoms with Gasteiger partial charge >= 0.3 is 13.6 Å². The fourth-order valence-electron chi connectivity index (χ4n) is 4.66. The van der Waals surface area contributed by atoms with Crippen molar-refractivity contribution in [1.82, 2.24) is 0 Å². The predicted octanol–water partition coefficient (Wildman–Crippen LogP) is 7.53. The molecular formula is C32H55O9PSi. The molecule has 2 aliphatic heterocycles. The summed E-state index contributed by atoms with van der Waals surface area (Å²) in [4.78, 5) is 26.7. The number of rotatable bonds is 15. The molecule has 2 heterocycles. The summed E-state index contributed by atoms with van der Waals surface area (Å²) in [6.45, 7) is 20.1. The Bertz CT molecular complexity index is 1100. The standard InChI is InChI=1S/C32H55O9PSi/c1-11-37-29(34)31(7,28(33)21-27-22-32(38-19-20-39-32)24-42(35,36-8)41-27)18-17-25(2)15-13-12-14-16-26(3)23-40-43(9,10)30(4,5)6/h13,15-17,27H,11-12,14,18-24H2,1-10H3/b15-13+,25-17+,26-16+. The van der Waals surface area contributed by atoms with Crippen molar-refractivity contribution in [2.24, 2.45) is 5.41 Å². The third-order valence-electron chi connectivity index (χ3n) is 8.64. The van der Waals surface area contributed by atoms with Gasteiger partial charge in [0, 0.05) is 20.0 Å². The molecule has 0 radical (unpaired) electrons. The van der Waals surface area contributed by atoms with Crippen LogP contribution in [0.4, 0.5) is 0 Å². The van der Waals surface area contributed by atoms with Gasteiger partial charge in [0.2, 0.25) is 0 Å². The minimum absolute atomic E-state index is 0.0370. The van der Waals surface area contributed by atoms with E-state index in [4.69, 9.17) is 27.7 Å². The number of carbonyl (C=O) groups is 2. The SMILES string of the molecule is CCOC(=O)C(C)(C/C=C(C)/C=C/CC/C=C(\C)CO[Si](C)(C)C(C)(C)C)C(=O)CC1CC2(CP(=O)(OC)O1)OCCO2. The number of ketones is 1. The molecule has 0 amide bonds. The van der Waals surface area contributed by atoms with E-state index in [0.29, 0.717) is 19.8 Å². The summed E-state index contributed by atoms with van der Waals surface area (Å²) >= 11 is 0. The van der Waals surface area contributed by atoms with Crippen molar-refractivity contribution in [1.29, 1.82) is 0 Å². The van der Waals surface area contributed by atoms with Crippen LogP contribution in [-0.4, -0.2) is 71.7 Å². The van der Waals surface area contributed by atoms with Gasteiger partial charge in [-0.05, 0) is 65.1 Å². The highest BCUT2D eigenvalue weighted by Gasteiger charge is 2.53. The lowest BCUT2D eigenvalue weighted by Gasteiger charge is -2.39. The molecule has 3 atom stereocenters. The molecule has 0 N–H and O–H groups in total. The molecule has 2 rings (SSSR count). The van der Waals surface area contributed by atoms with E-state index in [1.807, 2.05) is 19.1 Å². The highest BCUT2D eigenvalue weighted by atomic mass is 31.2. The van der Waals surface area contributed by atoms with Crippen LogP contribution in [0.1, 0.15) is 80.6 Å². The van der Waals surface area contributed by atoms with E-state index >= 15 is 0 Å². The van der Waals surface area contributed by atoms with Crippen LogP contribution in [0.25, 0.3) is 0 Å². The molecular weight excluding hydrogens is 587 g/mol. The zero-order valence-corrected chi connectivity index (χ0v) is 30.0. The van der Waals surface area contributed by atoms with Crippen LogP contribution in [0.3, 0.4) is 0 Å². The summed E-state index contributed by atoms with van der Waals surface area (Å²) in [6, 6.07) is 0. The van der Waals surface area contributed by atoms with E-state index in [1.54, 1.807) is 13.8 Å². The molecule has 11 heteroatoms. The molecule has 9 nitrogen and oxygen atoms in total. The van der Waals surface area contributed by atoms with E-state index in [9.17, 15) is 14.2 Å². The Balaban J connectivity index is 2.02. The van der Waals surface area contributed by atoms with Gasteiger partial charge in [-0.3, -0.25) is 14.2 Å². The Morgan fingerprint density at radius 1 is 1.07 bits per heavy atom. The lowest BCUT2D eigenvalue weighted by molar-refractivity contribution is -0.173. The van der Waals surface area contributed by atoms with Crippen LogP contribution in [0.5, 0.6) is 0 Å². The number of unbranched alkanes of at least 4 members (excludes halogenated alkanes) is 1. The van der Waals surface area contributed by atoms with Crippen LogP contribution >= 0.6 is 7.60 Å². The lowest BCUT2D eigenvalue weighted by Crippen LogP contribution is -2.46. The van der Waals surface area contributed by atoms with Crippen molar-refractivity contribution < 1.29 is 41.8 Å². The van der Waals surface area contributed by atoms with E-state index in [0.717, 1.165) is 18.4 Å². The van der Waals surface area contributed by atoms with Crippen molar-refractivity contribution in [2.75, 3.05) is 39.7 Å². The number of hydrogen-bond donors (Lipinski definition) is 0. The smallest absolute Gasteiger partial charge is 0.336 e. The third-order valence-corrected chi connectivity index (χ3v) is 15.2. The van der Waals surface area contributed by atoms with Crippen molar-refractivity contribution >= 4 is 27.7 Å². The molecule has 2 saturated heterocycles. The first-order chi connectivity index (χ1) is 19.9. The first-order valence-electron chi connectivity index (χ1n) is 15.4. The Labute approximate surface area is 260 Å². The summed E-state index contributed by atoms with van der Waals surface area (Å²) in [5, 5.41) is 0.188. The maximum absolute atomic E-state index is 13.6. The molecule has 0 aromatic heterocycles. The second-order valence-electron chi connectivity index (χ2n) is 13.4. The van der Waals surface area contributed by atoms with Gasteiger partial charge in [-0.15, -0.1) is 0 Å².